The lowest BCUT2D eigenvalue weighted by atomic mass is 10.0. The first-order chi connectivity index (χ1) is 7.43. The number of aromatic nitrogens is 1. The van der Waals surface area contributed by atoms with Crippen LogP contribution in [-0.2, 0) is 12.6 Å². The van der Waals surface area contributed by atoms with Crippen LogP contribution in [0.1, 0.15) is 37.9 Å². The van der Waals surface area contributed by atoms with Crippen molar-refractivity contribution in [2.24, 2.45) is 5.92 Å². The summed E-state index contributed by atoms with van der Waals surface area (Å²) < 4.78 is 37.2. The van der Waals surface area contributed by atoms with Crippen LogP contribution in [0.4, 0.5) is 13.2 Å². The molecule has 0 amide bonds. The topological polar surface area (TPSA) is 12.9 Å². The summed E-state index contributed by atoms with van der Waals surface area (Å²) in [6, 6.07) is 2.15. The van der Waals surface area contributed by atoms with E-state index in [2.05, 4.69) is 18.8 Å². The van der Waals surface area contributed by atoms with Crippen molar-refractivity contribution in [3.05, 3.63) is 29.6 Å². The van der Waals surface area contributed by atoms with E-state index in [4.69, 9.17) is 0 Å². The molecule has 1 unspecified atom stereocenters. The fourth-order valence-electron chi connectivity index (χ4n) is 1.39. The Morgan fingerprint density at radius 1 is 1.38 bits per heavy atom. The van der Waals surface area contributed by atoms with Crippen molar-refractivity contribution in [3.63, 3.8) is 0 Å². The monoisotopic (exact) mass is 231 g/mol. The standard InChI is InChI=1S/C12H16F3N/c1-3-9(2)4-5-11-8-10(6-7-16-11)12(13,14)15/h6-9H,3-5H2,1-2H3. The predicted octanol–water partition coefficient (Wildman–Crippen LogP) is 4.08. The van der Waals surface area contributed by atoms with Gasteiger partial charge in [-0.05, 0) is 30.9 Å². The van der Waals surface area contributed by atoms with E-state index in [9.17, 15) is 13.2 Å². The zero-order valence-corrected chi connectivity index (χ0v) is 9.51. The zero-order chi connectivity index (χ0) is 12.2. The van der Waals surface area contributed by atoms with E-state index in [0.717, 1.165) is 25.0 Å². The molecule has 4 heteroatoms. The molecule has 0 aromatic carbocycles. The number of alkyl halides is 3. The van der Waals surface area contributed by atoms with Gasteiger partial charge in [-0.15, -0.1) is 0 Å². The predicted molar refractivity (Wildman–Crippen MR) is 57.0 cm³/mol. The van der Waals surface area contributed by atoms with Crippen LogP contribution >= 0.6 is 0 Å². The molecule has 1 aromatic heterocycles. The highest BCUT2D eigenvalue weighted by Gasteiger charge is 2.30. The number of hydrogen-bond donors (Lipinski definition) is 0. The number of pyridine rings is 1. The van der Waals surface area contributed by atoms with Crippen LogP contribution in [0.25, 0.3) is 0 Å². The number of hydrogen-bond acceptors (Lipinski definition) is 1. The van der Waals surface area contributed by atoms with Gasteiger partial charge in [0.2, 0.25) is 0 Å². The second-order valence-electron chi connectivity index (χ2n) is 4.09. The summed E-state index contributed by atoms with van der Waals surface area (Å²) >= 11 is 0. The summed E-state index contributed by atoms with van der Waals surface area (Å²) in [5.41, 5.74) is -0.0863. The van der Waals surface area contributed by atoms with E-state index >= 15 is 0 Å². The van der Waals surface area contributed by atoms with E-state index in [1.54, 1.807) is 0 Å². The van der Waals surface area contributed by atoms with E-state index in [0.29, 0.717) is 18.0 Å². The average Bonchev–Trinajstić information content (AvgIpc) is 2.25. The highest BCUT2D eigenvalue weighted by atomic mass is 19.4. The van der Waals surface area contributed by atoms with Crippen molar-refractivity contribution < 1.29 is 13.2 Å². The summed E-state index contributed by atoms with van der Waals surface area (Å²) in [6.07, 6.45) is -0.508. The molecule has 90 valence electrons. The number of halogens is 3. The maximum atomic E-state index is 12.4. The lowest BCUT2D eigenvalue weighted by Gasteiger charge is -2.10. The summed E-state index contributed by atoms with van der Waals surface area (Å²) in [7, 11) is 0. The van der Waals surface area contributed by atoms with Gasteiger partial charge in [-0.1, -0.05) is 20.3 Å². The Bertz CT molecular complexity index is 333. The fourth-order valence-corrected chi connectivity index (χ4v) is 1.39. The molecule has 0 radical (unpaired) electrons. The van der Waals surface area contributed by atoms with Crippen LogP contribution in [0.5, 0.6) is 0 Å². The molecule has 0 aliphatic heterocycles. The minimum absolute atomic E-state index is 0.523. The maximum absolute atomic E-state index is 12.4. The van der Waals surface area contributed by atoms with Gasteiger partial charge in [0, 0.05) is 11.9 Å². The van der Waals surface area contributed by atoms with Crippen molar-refractivity contribution >= 4 is 0 Å². The summed E-state index contributed by atoms with van der Waals surface area (Å²) in [4.78, 5) is 3.96. The Kier molecular flexibility index (Phi) is 4.33. The molecule has 1 rings (SSSR count). The second-order valence-corrected chi connectivity index (χ2v) is 4.09. The first kappa shape index (κ1) is 13.0. The third-order valence-corrected chi connectivity index (χ3v) is 2.73. The van der Waals surface area contributed by atoms with E-state index in [-0.39, 0.29) is 0 Å². The Hall–Kier alpha value is -1.06. The second kappa shape index (κ2) is 5.32. The molecule has 0 saturated carbocycles. The Labute approximate surface area is 93.7 Å². The van der Waals surface area contributed by atoms with E-state index in [1.165, 1.54) is 6.20 Å². The molecule has 16 heavy (non-hydrogen) atoms. The Balaban J connectivity index is 2.68. The molecule has 0 spiro atoms. The molecule has 0 N–H and O–H groups in total. The van der Waals surface area contributed by atoms with E-state index in [1.807, 2.05) is 0 Å². The zero-order valence-electron chi connectivity index (χ0n) is 9.51. The first-order valence-electron chi connectivity index (χ1n) is 5.45. The summed E-state index contributed by atoms with van der Waals surface area (Å²) in [5, 5.41) is 0. The molecule has 1 atom stereocenters. The lowest BCUT2D eigenvalue weighted by Crippen LogP contribution is -2.06. The van der Waals surface area contributed by atoms with Crippen molar-refractivity contribution in [2.45, 2.75) is 39.3 Å². The van der Waals surface area contributed by atoms with Crippen LogP contribution < -0.4 is 0 Å². The molecule has 0 bridgehead atoms. The molecule has 1 nitrogen and oxygen atoms in total. The van der Waals surface area contributed by atoms with Gasteiger partial charge in [0.15, 0.2) is 0 Å². The first-order valence-corrected chi connectivity index (χ1v) is 5.45. The molecule has 0 aliphatic rings. The van der Waals surface area contributed by atoms with Gasteiger partial charge in [-0.2, -0.15) is 13.2 Å². The minimum atomic E-state index is -4.27. The number of rotatable bonds is 4. The number of nitrogens with zero attached hydrogens (tertiary/aromatic N) is 1. The normalized spacial score (nSPS) is 13.8. The maximum Gasteiger partial charge on any atom is 0.416 e. The molecule has 1 aromatic rings. The molecule has 1 heterocycles. The van der Waals surface area contributed by atoms with Crippen molar-refractivity contribution in [1.29, 1.82) is 0 Å². The van der Waals surface area contributed by atoms with Gasteiger partial charge < -0.3 is 0 Å². The van der Waals surface area contributed by atoms with Crippen molar-refractivity contribution in [1.82, 2.24) is 4.98 Å². The molecular weight excluding hydrogens is 215 g/mol. The van der Waals surface area contributed by atoms with Crippen molar-refractivity contribution in [2.75, 3.05) is 0 Å². The average molecular weight is 231 g/mol. The van der Waals surface area contributed by atoms with Gasteiger partial charge in [0.1, 0.15) is 0 Å². The third kappa shape index (κ3) is 3.83. The van der Waals surface area contributed by atoms with Gasteiger partial charge >= 0.3 is 6.18 Å². The minimum Gasteiger partial charge on any atom is -0.261 e. The fraction of sp³-hybridized carbons (Fsp3) is 0.583. The van der Waals surface area contributed by atoms with E-state index < -0.39 is 11.7 Å². The van der Waals surface area contributed by atoms with Gasteiger partial charge in [0.05, 0.1) is 5.56 Å². The van der Waals surface area contributed by atoms with Gasteiger partial charge in [0.25, 0.3) is 0 Å². The molecule has 0 saturated heterocycles. The SMILES string of the molecule is CCC(C)CCc1cc(C(F)(F)F)ccn1. The van der Waals surface area contributed by atoms with Crippen LogP contribution in [-0.4, -0.2) is 4.98 Å². The lowest BCUT2D eigenvalue weighted by molar-refractivity contribution is -0.137. The largest absolute Gasteiger partial charge is 0.416 e. The highest BCUT2D eigenvalue weighted by molar-refractivity contribution is 5.19. The van der Waals surface area contributed by atoms with Crippen LogP contribution in [0, 0.1) is 5.92 Å². The van der Waals surface area contributed by atoms with Gasteiger partial charge in [-0.3, -0.25) is 4.98 Å². The highest BCUT2D eigenvalue weighted by Crippen LogP contribution is 2.29. The summed E-state index contributed by atoms with van der Waals surface area (Å²) in [5.74, 6) is 0.524. The number of aryl methyl sites for hydroxylation is 1. The Morgan fingerprint density at radius 3 is 2.62 bits per heavy atom. The molecule has 0 aliphatic carbocycles. The third-order valence-electron chi connectivity index (χ3n) is 2.73. The van der Waals surface area contributed by atoms with Crippen LogP contribution in [0.15, 0.2) is 18.3 Å². The van der Waals surface area contributed by atoms with Crippen LogP contribution in [0.2, 0.25) is 0 Å². The summed E-state index contributed by atoms with van der Waals surface area (Å²) in [6.45, 7) is 4.16. The van der Waals surface area contributed by atoms with Crippen molar-refractivity contribution in [3.8, 4) is 0 Å². The van der Waals surface area contributed by atoms with Gasteiger partial charge in [-0.25, -0.2) is 0 Å². The Morgan fingerprint density at radius 2 is 2.06 bits per heavy atom. The van der Waals surface area contributed by atoms with Crippen LogP contribution in [0.3, 0.4) is 0 Å². The molecular formula is C12H16F3N. The smallest absolute Gasteiger partial charge is 0.261 e. The molecule has 0 fully saturated rings. The quantitative estimate of drug-likeness (QED) is 0.760.